The zero-order valence-corrected chi connectivity index (χ0v) is 16.9. The number of benzene rings is 3. The van der Waals surface area contributed by atoms with Crippen LogP contribution in [0.25, 0.3) is 5.69 Å². The molecule has 0 saturated heterocycles. The van der Waals surface area contributed by atoms with Gasteiger partial charge in [-0.15, -0.1) is 5.10 Å². The molecule has 1 atom stereocenters. The third-order valence-corrected chi connectivity index (χ3v) is 4.71. The lowest BCUT2D eigenvalue weighted by atomic mass is 9.98. The summed E-state index contributed by atoms with van der Waals surface area (Å²) in [6, 6.07) is 24.3. The maximum absolute atomic E-state index is 12.7. The standard InChI is InChI=1S/C23H21N5O3/c1-30-20-11-7-18(8-12-20)23(17-5-3-2-4-6-17)25-22(29)15-31-21-13-9-19(10-14-21)28-16-24-26-27-28/h2-14,16,23H,15H2,1H3,(H,25,29)/t23-/m0/s1. The third kappa shape index (κ3) is 5.05. The predicted molar refractivity (Wildman–Crippen MR) is 114 cm³/mol. The van der Waals surface area contributed by atoms with E-state index in [-0.39, 0.29) is 18.6 Å². The largest absolute Gasteiger partial charge is 0.497 e. The zero-order valence-electron chi connectivity index (χ0n) is 16.9. The zero-order chi connectivity index (χ0) is 21.5. The van der Waals surface area contributed by atoms with Gasteiger partial charge in [-0.2, -0.15) is 0 Å². The monoisotopic (exact) mass is 415 g/mol. The van der Waals surface area contributed by atoms with Crippen molar-refractivity contribution >= 4 is 5.91 Å². The molecule has 0 bridgehead atoms. The number of hydrogen-bond acceptors (Lipinski definition) is 6. The van der Waals surface area contributed by atoms with E-state index in [2.05, 4.69) is 20.8 Å². The topological polar surface area (TPSA) is 91.2 Å². The molecule has 0 aliphatic carbocycles. The number of hydrogen-bond donors (Lipinski definition) is 1. The van der Waals surface area contributed by atoms with Gasteiger partial charge in [-0.3, -0.25) is 4.79 Å². The smallest absolute Gasteiger partial charge is 0.258 e. The molecule has 0 aliphatic rings. The van der Waals surface area contributed by atoms with Gasteiger partial charge in [0.05, 0.1) is 18.8 Å². The van der Waals surface area contributed by atoms with Gasteiger partial charge in [-0.25, -0.2) is 4.68 Å². The van der Waals surface area contributed by atoms with E-state index in [0.717, 1.165) is 22.6 Å². The molecule has 156 valence electrons. The molecule has 0 spiro atoms. The molecule has 1 aromatic heterocycles. The van der Waals surface area contributed by atoms with Crippen molar-refractivity contribution < 1.29 is 14.3 Å². The Morgan fingerprint density at radius 3 is 2.26 bits per heavy atom. The summed E-state index contributed by atoms with van der Waals surface area (Å²) in [4.78, 5) is 12.7. The Labute approximate surface area is 179 Å². The van der Waals surface area contributed by atoms with Gasteiger partial charge in [0.25, 0.3) is 5.91 Å². The second kappa shape index (κ2) is 9.53. The minimum atomic E-state index is -0.301. The number of carbonyl (C=O) groups is 1. The van der Waals surface area contributed by atoms with E-state index in [4.69, 9.17) is 9.47 Å². The lowest BCUT2D eigenvalue weighted by Gasteiger charge is -2.20. The molecule has 0 radical (unpaired) electrons. The van der Waals surface area contributed by atoms with Crippen molar-refractivity contribution in [1.82, 2.24) is 25.5 Å². The Balaban J connectivity index is 1.42. The van der Waals surface area contributed by atoms with Crippen LogP contribution >= 0.6 is 0 Å². The van der Waals surface area contributed by atoms with E-state index in [9.17, 15) is 4.79 Å². The van der Waals surface area contributed by atoms with Gasteiger partial charge < -0.3 is 14.8 Å². The van der Waals surface area contributed by atoms with Crippen LogP contribution in [-0.4, -0.2) is 39.8 Å². The Morgan fingerprint density at radius 2 is 1.61 bits per heavy atom. The Morgan fingerprint density at radius 1 is 0.935 bits per heavy atom. The second-order valence-electron chi connectivity index (χ2n) is 6.72. The summed E-state index contributed by atoms with van der Waals surface area (Å²) in [5, 5.41) is 14.1. The van der Waals surface area contributed by atoms with E-state index in [1.807, 2.05) is 66.7 Å². The molecule has 4 rings (SSSR count). The van der Waals surface area contributed by atoms with E-state index in [1.165, 1.54) is 11.0 Å². The summed E-state index contributed by atoms with van der Waals surface area (Å²) >= 11 is 0. The van der Waals surface area contributed by atoms with E-state index in [1.54, 1.807) is 19.2 Å². The third-order valence-electron chi connectivity index (χ3n) is 4.71. The van der Waals surface area contributed by atoms with Crippen molar-refractivity contribution in [1.29, 1.82) is 0 Å². The van der Waals surface area contributed by atoms with Crippen LogP contribution in [0.5, 0.6) is 11.5 Å². The molecule has 1 N–H and O–H groups in total. The number of aromatic nitrogens is 4. The number of carbonyl (C=O) groups excluding carboxylic acids is 1. The highest BCUT2D eigenvalue weighted by Gasteiger charge is 2.17. The van der Waals surface area contributed by atoms with Crippen LogP contribution < -0.4 is 14.8 Å². The highest BCUT2D eigenvalue weighted by molar-refractivity contribution is 5.78. The second-order valence-corrected chi connectivity index (χ2v) is 6.72. The van der Waals surface area contributed by atoms with Gasteiger partial charge in [0, 0.05) is 0 Å². The van der Waals surface area contributed by atoms with Crippen LogP contribution in [0, 0.1) is 0 Å². The first-order chi connectivity index (χ1) is 15.2. The lowest BCUT2D eigenvalue weighted by molar-refractivity contribution is -0.123. The van der Waals surface area contributed by atoms with Crippen molar-refractivity contribution in [3.8, 4) is 17.2 Å². The van der Waals surface area contributed by atoms with E-state index < -0.39 is 0 Å². The maximum Gasteiger partial charge on any atom is 0.258 e. The molecule has 4 aromatic rings. The number of nitrogens with zero attached hydrogens (tertiary/aromatic N) is 4. The van der Waals surface area contributed by atoms with Crippen LogP contribution in [0.15, 0.2) is 85.2 Å². The highest BCUT2D eigenvalue weighted by atomic mass is 16.5. The van der Waals surface area contributed by atoms with Gasteiger partial charge in [0.2, 0.25) is 0 Å². The van der Waals surface area contributed by atoms with Crippen molar-refractivity contribution in [3.63, 3.8) is 0 Å². The van der Waals surface area contributed by atoms with Crippen LogP contribution in [0.3, 0.4) is 0 Å². The summed E-state index contributed by atoms with van der Waals surface area (Å²) in [6.07, 6.45) is 1.51. The number of ether oxygens (including phenoxy) is 2. The van der Waals surface area contributed by atoms with E-state index >= 15 is 0 Å². The van der Waals surface area contributed by atoms with E-state index in [0.29, 0.717) is 5.75 Å². The fourth-order valence-electron chi connectivity index (χ4n) is 3.13. The molecule has 8 nitrogen and oxygen atoms in total. The molecular formula is C23H21N5O3. The molecule has 0 fully saturated rings. The van der Waals surface area contributed by atoms with Crippen molar-refractivity contribution in [2.45, 2.75) is 6.04 Å². The van der Waals surface area contributed by atoms with Gasteiger partial charge >= 0.3 is 0 Å². The fourth-order valence-corrected chi connectivity index (χ4v) is 3.13. The molecule has 0 aliphatic heterocycles. The average Bonchev–Trinajstić information content (AvgIpc) is 3.37. The average molecular weight is 415 g/mol. The normalized spacial score (nSPS) is 11.5. The van der Waals surface area contributed by atoms with Crippen LogP contribution in [-0.2, 0) is 4.79 Å². The SMILES string of the molecule is COc1ccc([C@@H](NC(=O)COc2ccc(-n3cnnn3)cc2)c2ccccc2)cc1. The summed E-state index contributed by atoms with van der Waals surface area (Å²) in [5.74, 6) is 1.11. The van der Waals surface area contributed by atoms with Crippen LogP contribution in [0.4, 0.5) is 0 Å². The van der Waals surface area contributed by atoms with Gasteiger partial charge in [-0.05, 0) is 58.0 Å². The molecule has 1 amide bonds. The first-order valence-corrected chi connectivity index (χ1v) is 9.67. The molecule has 0 saturated carbocycles. The maximum atomic E-state index is 12.7. The summed E-state index contributed by atoms with van der Waals surface area (Å²) < 4.78 is 12.4. The Hall–Kier alpha value is -4.20. The van der Waals surface area contributed by atoms with Crippen molar-refractivity contribution in [2.24, 2.45) is 0 Å². The molecule has 1 heterocycles. The number of amides is 1. The fraction of sp³-hybridized carbons (Fsp3) is 0.130. The first kappa shape index (κ1) is 20.1. The quantitative estimate of drug-likeness (QED) is 0.476. The molecule has 3 aromatic carbocycles. The molecule has 8 heteroatoms. The minimum absolute atomic E-state index is 0.107. The summed E-state index contributed by atoms with van der Waals surface area (Å²) in [5.41, 5.74) is 2.73. The van der Waals surface area contributed by atoms with Crippen LogP contribution in [0.1, 0.15) is 17.2 Å². The highest BCUT2D eigenvalue weighted by Crippen LogP contribution is 2.24. The van der Waals surface area contributed by atoms with Gasteiger partial charge in [0.1, 0.15) is 17.8 Å². The number of rotatable bonds is 8. The molecule has 0 unspecified atom stereocenters. The van der Waals surface area contributed by atoms with Gasteiger partial charge in [0.15, 0.2) is 6.61 Å². The number of methoxy groups -OCH3 is 1. The Bertz CT molecular complexity index is 1100. The van der Waals surface area contributed by atoms with Crippen molar-refractivity contribution in [2.75, 3.05) is 13.7 Å². The first-order valence-electron chi connectivity index (χ1n) is 9.67. The number of tetrazole rings is 1. The summed E-state index contributed by atoms with van der Waals surface area (Å²) in [6.45, 7) is -0.107. The lowest BCUT2D eigenvalue weighted by Crippen LogP contribution is -2.33. The minimum Gasteiger partial charge on any atom is -0.497 e. The molecular weight excluding hydrogens is 394 g/mol. The molecule has 31 heavy (non-hydrogen) atoms. The number of nitrogens with one attached hydrogen (secondary N) is 1. The Kier molecular flexibility index (Phi) is 6.18. The predicted octanol–water partition coefficient (Wildman–Crippen LogP) is 2.96. The van der Waals surface area contributed by atoms with Crippen molar-refractivity contribution in [3.05, 3.63) is 96.3 Å². The van der Waals surface area contributed by atoms with Gasteiger partial charge in [-0.1, -0.05) is 42.5 Å². The van der Waals surface area contributed by atoms with Crippen LogP contribution in [0.2, 0.25) is 0 Å². The summed E-state index contributed by atoms with van der Waals surface area (Å²) in [7, 11) is 1.62.